The lowest BCUT2D eigenvalue weighted by molar-refractivity contribution is -0.143. The highest BCUT2D eigenvalue weighted by Gasteiger charge is 2.63. The Labute approximate surface area is 338 Å². The smallest absolute Gasteiger partial charge is 0.408 e. The molecule has 2 aromatic carbocycles. The third kappa shape index (κ3) is 8.84. The third-order valence-electron chi connectivity index (χ3n) is 10.4. The van der Waals surface area contributed by atoms with Crippen molar-refractivity contribution in [3.63, 3.8) is 0 Å². The molecule has 5 unspecified atom stereocenters. The molecule has 16 heteroatoms. The summed E-state index contributed by atoms with van der Waals surface area (Å²) in [5.74, 6) is -1.78. The van der Waals surface area contributed by atoms with E-state index in [1.54, 1.807) is 66.9 Å². The van der Waals surface area contributed by atoms with E-state index in [9.17, 15) is 27.6 Å². The van der Waals surface area contributed by atoms with Gasteiger partial charge < -0.3 is 29.7 Å². The Morgan fingerprint density at radius 2 is 1.72 bits per heavy atom. The second kappa shape index (κ2) is 15.1. The van der Waals surface area contributed by atoms with Crippen LogP contribution >= 0.6 is 11.6 Å². The second-order valence-electron chi connectivity index (χ2n) is 17.0. The second-order valence-corrected chi connectivity index (χ2v) is 19.9. The van der Waals surface area contributed by atoms with Crippen molar-refractivity contribution >= 4 is 56.3 Å². The summed E-state index contributed by atoms with van der Waals surface area (Å²) in [5, 5.41) is 6.16. The quantitative estimate of drug-likeness (QED) is 0.157. The van der Waals surface area contributed by atoms with E-state index in [1.165, 1.54) is 11.0 Å². The van der Waals surface area contributed by atoms with Gasteiger partial charge in [-0.1, -0.05) is 68.8 Å². The number of sulfonamides is 1. The summed E-state index contributed by atoms with van der Waals surface area (Å²) in [5.41, 5.74) is -1.29. The van der Waals surface area contributed by atoms with E-state index in [0.717, 1.165) is 5.56 Å². The number of nitrogens with zero attached hydrogens (tertiary/aromatic N) is 2. The molecule has 306 valence electrons. The Balaban J connectivity index is 1.35. The number of rotatable bonds is 12. The number of pyridine rings is 1. The van der Waals surface area contributed by atoms with Crippen molar-refractivity contribution in [2.45, 2.75) is 101 Å². The number of alkyl halides is 1. The first-order valence-electron chi connectivity index (χ1n) is 18.8. The zero-order valence-electron chi connectivity index (χ0n) is 33.2. The lowest BCUT2D eigenvalue weighted by Gasteiger charge is -2.36. The van der Waals surface area contributed by atoms with Crippen molar-refractivity contribution in [3.8, 4) is 22.8 Å². The maximum atomic E-state index is 14.7. The number of alkyl carbamates (subject to hydrolysis) is 1. The van der Waals surface area contributed by atoms with Crippen LogP contribution in [-0.4, -0.2) is 89.3 Å². The Bertz CT molecular complexity index is 2200. The Kier molecular flexibility index (Phi) is 11.1. The molecule has 6 rings (SSSR count). The minimum absolute atomic E-state index is 0.0128. The van der Waals surface area contributed by atoms with Gasteiger partial charge in [0.15, 0.2) is 4.21 Å². The molecule has 0 bridgehead atoms. The van der Waals surface area contributed by atoms with Crippen LogP contribution in [-0.2, 0) is 29.1 Å². The number of methoxy groups -OCH3 is 1. The number of amides is 4. The Morgan fingerprint density at radius 1 is 1.04 bits per heavy atom. The van der Waals surface area contributed by atoms with Crippen molar-refractivity contribution in [3.05, 3.63) is 67.3 Å². The summed E-state index contributed by atoms with van der Waals surface area (Å²) < 4.78 is 44.0. The number of halogens is 1. The number of ether oxygens (including phenoxy) is 3. The van der Waals surface area contributed by atoms with Crippen molar-refractivity contribution < 1.29 is 41.8 Å². The van der Waals surface area contributed by atoms with Gasteiger partial charge in [0.2, 0.25) is 11.8 Å². The van der Waals surface area contributed by atoms with E-state index in [0.29, 0.717) is 28.1 Å². The molecule has 14 nitrogen and oxygen atoms in total. The zero-order chi connectivity index (χ0) is 41.7. The van der Waals surface area contributed by atoms with Gasteiger partial charge in [-0.2, -0.15) is 0 Å². The van der Waals surface area contributed by atoms with Crippen molar-refractivity contribution in [1.29, 1.82) is 0 Å². The van der Waals surface area contributed by atoms with Gasteiger partial charge in [-0.3, -0.25) is 14.4 Å². The minimum atomic E-state index is -4.25. The molecular formula is C41H50ClN5O9S. The Morgan fingerprint density at radius 3 is 2.30 bits per heavy atom. The monoisotopic (exact) mass is 823 g/mol. The van der Waals surface area contributed by atoms with E-state index >= 15 is 0 Å². The molecule has 2 aliphatic carbocycles. The van der Waals surface area contributed by atoms with Gasteiger partial charge in [0.1, 0.15) is 40.8 Å². The topological polar surface area (TPSA) is 182 Å². The van der Waals surface area contributed by atoms with Gasteiger partial charge in [0.25, 0.3) is 15.9 Å². The highest BCUT2D eigenvalue weighted by molar-refractivity contribution is 7.93. The molecule has 1 aliphatic heterocycles. The van der Waals surface area contributed by atoms with E-state index in [1.807, 2.05) is 36.4 Å². The van der Waals surface area contributed by atoms with E-state index in [4.69, 9.17) is 30.8 Å². The molecule has 3 N–H and O–H groups in total. The first-order valence-corrected chi connectivity index (χ1v) is 20.7. The summed E-state index contributed by atoms with van der Waals surface area (Å²) in [4.78, 5) is 62.1. The van der Waals surface area contributed by atoms with Crippen molar-refractivity contribution in [2.24, 2.45) is 11.3 Å². The molecule has 0 radical (unpaired) electrons. The van der Waals surface area contributed by atoms with Crippen LogP contribution in [0.15, 0.2) is 67.3 Å². The highest BCUT2D eigenvalue weighted by Crippen LogP contribution is 2.49. The summed E-state index contributed by atoms with van der Waals surface area (Å²) in [6.45, 7) is 14.1. The molecule has 5 atom stereocenters. The number of likely N-dealkylation sites (tertiary alicyclic amines) is 1. The number of hydrogen-bond donors (Lipinski definition) is 3. The number of carbonyl (C=O) groups is 4. The standard InChI is InChI=1S/C41H50ClN5O9S/c1-9-25-22-41(25,36(50)46-57(52,53)40(42)17-18-40)45-34(48)31-20-27(23-47(31)35(49)33(38(2,3)4)44-37(51)56-39(5,6)7)55-32-21-29(24-13-11-10-12-14-24)43-30-19-26(54-8)15-16-28(30)32/h9-16,19,21,25,27,31,33H,1,17-18,20,22-23H2,2-8H3,(H,44,51)(H,45,48)(H,46,50). The maximum absolute atomic E-state index is 14.7. The van der Waals surface area contributed by atoms with Gasteiger partial charge in [-0.05, 0) is 57.6 Å². The predicted molar refractivity (Wildman–Crippen MR) is 215 cm³/mol. The molecule has 1 saturated heterocycles. The molecule has 3 aliphatic rings. The average Bonchev–Trinajstić information content (AvgIpc) is 4.02. The van der Waals surface area contributed by atoms with Crippen LogP contribution < -0.4 is 24.8 Å². The molecule has 57 heavy (non-hydrogen) atoms. The molecule has 4 amide bonds. The summed E-state index contributed by atoms with van der Waals surface area (Å²) in [6, 6.07) is 14.4. The predicted octanol–water partition coefficient (Wildman–Crippen LogP) is 5.43. The fraction of sp³-hybridized carbons (Fsp3) is 0.488. The van der Waals surface area contributed by atoms with Gasteiger partial charge in [-0.25, -0.2) is 22.9 Å². The molecule has 3 fully saturated rings. The molecule has 1 aromatic heterocycles. The largest absolute Gasteiger partial charge is 0.497 e. The zero-order valence-corrected chi connectivity index (χ0v) is 34.8. The number of hydrogen-bond acceptors (Lipinski definition) is 10. The van der Waals surface area contributed by atoms with Crippen LogP contribution in [0.4, 0.5) is 4.79 Å². The average molecular weight is 824 g/mol. The van der Waals surface area contributed by atoms with Crippen molar-refractivity contribution in [1.82, 2.24) is 25.2 Å². The molecular weight excluding hydrogens is 774 g/mol. The Hall–Kier alpha value is -4.89. The van der Waals surface area contributed by atoms with E-state index < -0.39 is 78.7 Å². The van der Waals surface area contributed by atoms with Crippen LogP contribution in [0, 0.1) is 11.3 Å². The first kappa shape index (κ1) is 41.7. The van der Waals surface area contributed by atoms with Crippen LogP contribution in [0.5, 0.6) is 11.5 Å². The minimum Gasteiger partial charge on any atom is -0.497 e. The highest BCUT2D eigenvalue weighted by atomic mass is 35.5. The van der Waals surface area contributed by atoms with Crippen molar-refractivity contribution in [2.75, 3.05) is 13.7 Å². The number of nitrogens with one attached hydrogen (secondary N) is 3. The number of benzene rings is 2. The van der Waals surface area contributed by atoms with Crippen LogP contribution in [0.2, 0.25) is 0 Å². The third-order valence-corrected chi connectivity index (χ3v) is 13.2. The molecule has 3 aromatic rings. The number of carbonyl (C=O) groups excluding carboxylic acids is 4. The number of fused-ring (bicyclic) bond motifs is 1. The van der Waals surface area contributed by atoms with Crippen LogP contribution in [0.25, 0.3) is 22.2 Å². The van der Waals surface area contributed by atoms with E-state index in [2.05, 4.69) is 21.9 Å². The molecule has 2 saturated carbocycles. The van der Waals surface area contributed by atoms with E-state index in [-0.39, 0.29) is 32.2 Å². The van der Waals surface area contributed by atoms with Crippen LogP contribution in [0.3, 0.4) is 0 Å². The summed E-state index contributed by atoms with van der Waals surface area (Å²) in [6.07, 6.45) is 0.335. The van der Waals surface area contributed by atoms with Crippen LogP contribution in [0.1, 0.15) is 67.2 Å². The fourth-order valence-electron chi connectivity index (χ4n) is 6.96. The van der Waals surface area contributed by atoms with Gasteiger partial charge in [0, 0.05) is 35.4 Å². The lowest BCUT2D eigenvalue weighted by Crippen LogP contribution is -2.60. The fourth-order valence-corrected chi connectivity index (χ4v) is 8.42. The van der Waals surface area contributed by atoms with Gasteiger partial charge in [-0.15, -0.1) is 6.58 Å². The summed E-state index contributed by atoms with van der Waals surface area (Å²) in [7, 11) is -2.69. The normalized spacial score (nSPS) is 23.2. The number of aromatic nitrogens is 1. The van der Waals surface area contributed by atoms with Gasteiger partial charge in [0.05, 0.1) is 24.9 Å². The molecule has 2 heterocycles. The summed E-state index contributed by atoms with van der Waals surface area (Å²) >= 11 is 6.18. The first-order chi connectivity index (χ1) is 26.6. The van der Waals surface area contributed by atoms with Gasteiger partial charge >= 0.3 is 6.09 Å². The SMILES string of the molecule is C=CC1CC1(NC(=O)C1CC(Oc2cc(-c3ccccc3)nc3cc(OC)ccc23)CN1C(=O)C(NC(=O)OC(C)(C)C)C(C)(C)C)C(=O)NS(=O)(=O)C1(Cl)CC1. The lowest BCUT2D eigenvalue weighted by atomic mass is 9.85. The molecule has 0 spiro atoms. The maximum Gasteiger partial charge on any atom is 0.408 e.